The fourth-order valence-electron chi connectivity index (χ4n) is 4.02. The second kappa shape index (κ2) is 12.2. The molecule has 0 aromatic heterocycles. The van der Waals surface area contributed by atoms with E-state index in [1.54, 1.807) is 0 Å². The highest BCUT2D eigenvalue weighted by Crippen LogP contribution is 2.30. The number of ether oxygens (including phenoxy) is 1. The Labute approximate surface area is 212 Å². The van der Waals surface area contributed by atoms with Crippen LogP contribution in [-0.4, -0.2) is 0 Å². The molecule has 0 atom stereocenters. The van der Waals surface area contributed by atoms with E-state index in [0.29, 0.717) is 5.76 Å². The molecule has 0 radical (unpaired) electrons. The van der Waals surface area contributed by atoms with Gasteiger partial charge in [0.15, 0.2) is 0 Å². The maximum absolute atomic E-state index is 5.74. The van der Waals surface area contributed by atoms with Gasteiger partial charge in [-0.25, -0.2) is 0 Å². The number of hydrogen-bond donors (Lipinski definition) is 0. The van der Waals surface area contributed by atoms with E-state index < -0.39 is 0 Å². The third kappa shape index (κ3) is 7.45. The maximum atomic E-state index is 5.74. The van der Waals surface area contributed by atoms with Crippen LogP contribution in [0.5, 0.6) is 5.75 Å². The number of hydrogen-bond acceptors (Lipinski definition) is 1. The third-order valence-electron chi connectivity index (χ3n) is 6.44. The van der Waals surface area contributed by atoms with Gasteiger partial charge in [-0.15, -0.1) is 0 Å². The summed E-state index contributed by atoms with van der Waals surface area (Å²) in [4.78, 5) is 0. The highest BCUT2D eigenvalue weighted by atomic mass is 16.5. The Morgan fingerprint density at radius 1 is 0.686 bits per heavy atom. The molecule has 1 nitrogen and oxygen atoms in total. The van der Waals surface area contributed by atoms with Crippen molar-refractivity contribution in [2.45, 2.75) is 52.9 Å². The minimum absolute atomic E-state index is 0.592. The average molecular weight is 463 g/mol. The summed E-state index contributed by atoms with van der Waals surface area (Å²) in [6, 6.07) is 23.8. The molecule has 0 unspecified atom stereocenters. The van der Waals surface area contributed by atoms with Gasteiger partial charge < -0.3 is 4.74 Å². The third-order valence-corrected chi connectivity index (χ3v) is 6.44. The summed E-state index contributed by atoms with van der Waals surface area (Å²) in [5.74, 6) is 1.36. The Balaban J connectivity index is 1.59. The van der Waals surface area contributed by atoms with E-state index >= 15 is 0 Å². The number of unbranched alkanes of at least 4 members (excludes halogenated alkanes) is 2. The van der Waals surface area contributed by atoms with Crippen molar-refractivity contribution in [3.63, 3.8) is 0 Å². The predicted molar refractivity (Wildman–Crippen MR) is 153 cm³/mol. The summed E-state index contributed by atoms with van der Waals surface area (Å²) >= 11 is 0. The van der Waals surface area contributed by atoms with Gasteiger partial charge >= 0.3 is 0 Å². The first-order valence-corrected chi connectivity index (χ1v) is 12.4. The van der Waals surface area contributed by atoms with Crippen molar-refractivity contribution in [3.8, 4) is 28.0 Å². The molecule has 0 aliphatic carbocycles. The van der Waals surface area contributed by atoms with Gasteiger partial charge in [-0.05, 0) is 97.5 Å². The van der Waals surface area contributed by atoms with E-state index in [1.165, 1.54) is 58.2 Å². The van der Waals surface area contributed by atoms with Gasteiger partial charge in [0.2, 0.25) is 0 Å². The molecule has 3 aromatic carbocycles. The number of allylic oxidation sites excluding steroid dienone is 3. The molecule has 3 aromatic rings. The molecule has 0 fully saturated rings. The first-order valence-electron chi connectivity index (χ1n) is 12.4. The Morgan fingerprint density at radius 3 is 1.91 bits per heavy atom. The maximum Gasteiger partial charge on any atom is 0.127 e. The van der Waals surface area contributed by atoms with Crippen molar-refractivity contribution in [1.82, 2.24) is 0 Å². The van der Waals surface area contributed by atoms with Gasteiger partial charge in [0.25, 0.3) is 0 Å². The lowest BCUT2D eigenvalue weighted by Gasteiger charge is -2.12. The SMILES string of the molecule is C=C(C)C(=C)CCCCCc1ccc(-c2ccc(-c3ccc(OC(=C)C(=C)C)cc3)c(C)c2)cc1. The molecular weight excluding hydrogens is 424 g/mol. The minimum Gasteiger partial charge on any atom is -0.458 e. The van der Waals surface area contributed by atoms with Crippen LogP contribution in [0.25, 0.3) is 22.3 Å². The van der Waals surface area contributed by atoms with Crippen molar-refractivity contribution in [2.24, 2.45) is 0 Å². The molecule has 0 heterocycles. The smallest absolute Gasteiger partial charge is 0.127 e. The Kier molecular flexibility index (Phi) is 9.09. The molecule has 0 saturated heterocycles. The zero-order valence-corrected chi connectivity index (χ0v) is 21.6. The zero-order chi connectivity index (χ0) is 25.4. The quantitative estimate of drug-likeness (QED) is 0.148. The van der Waals surface area contributed by atoms with Crippen LogP contribution < -0.4 is 4.74 Å². The normalized spacial score (nSPS) is 10.6. The molecule has 0 N–H and O–H groups in total. The number of rotatable bonds is 12. The predicted octanol–water partition coefficient (Wildman–Crippen LogP) is 10.0. The van der Waals surface area contributed by atoms with E-state index in [0.717, 1.165) is 29.7 Å². The van der Waals surface area contributed by atoms with Crippen LogP contribution >= 0.6 is 0 Å². The summed E-state index contributed by atoms with van der Waals surface area (Å²) in [7, 11) is 0. The van der Waals surface area contributed by atoms with Crippen molar-refractivity contribution in [2.75, 3.05) is 0 Å². The molecule has 0 amide bonds. The van der Waals surface area contributed by atoms with Crippen molar-refractivity contribution in [1.29, 1.82) is 0 Å². The molecule has 0 aliphatic heterocycles. The van der Waals surface area contributed by atoms with Gasteiger partial charge in [-0.2, -0.15) is 0 Å². The second-order valence-corrected chi connectivity index (χ2v) is 9.50. The first kappa shape index (κ1) is 26.0. The Bertz CT molecular complexity index is 1210. The fourth-order valence-corrected chi connectivity index (χ4v) is 4.02. The molecule has 3 rings (SSSR count). The summed E-state index contributed by atoms with van der Waals surface area (Å²) in [5.41, 5.74) is 10.7. The minimum atomic E-state index is 0.592. The highest BCUT2D eigenvalue weighted by molar-refractivity contribution is 5.74. The summed E-state index contributed by atoms with van der Waals surface area (Å²) in [6.07, 6.45) is 5.81. The van der Waals surface area contributed by atoms with Crippen LogP contribution in [0.1, 0.15) is 50.7 Å². The van der Waals surface area contributed by atoms with Gasteiger partial charge in [0, 0.05) is 0 Å². The van der Waals surface area contributed by atoms with Crippen LogP contribution in [0, 0.1) is 6.92 Å². The lowest BCUT2D eigenvalue weighted by Crippen LogP contribution is -1.94. The van der Waals surface area contributed by atoms with Crippen LogP contribution in [-0.2, 0) is 6.42 Å². The van der Waals surface area contributed by atoms with Crippen molar-refractivity contribution >= 4 is 0 Å². The summed E-state index contributed by atoms with van der Waals surface area (Å²) in [6.45, 7) is 21.9. The molecule has 1 heteroatoms. The van der Waals surface area contributed by atoms with Crippen molar-refractivity contribution < 1.29 is 4.74 Å². The Hall–Kier alpha value is -3.58. The molecule has 0 spiro atoms. The Morgan fingerprint density at radius 2 is 1.31 bits per heavy atom. The van der Waals surface area contributed by atoms with Gasteiger partial charge in [0.1, 0.15) is 11.5 Å². The van der Waals surface area contributed by atoms with Crippen LogP contribution in [0.4, 0.5) is 0 Å². The lowest BCUT2D eigenvalue weighted by molar-refractivity contribution is 0.439. The average Bonchev–Trinajstić information content (AvgIpc) is 2.84. The van der Waals surface area contributed by atoms with E-state index in [9.17, 15) is 0 Å². The number of aryl methyl sites for hydroxylation is 2. The standard InChI is InChI=1S/C34H38O/c1-24(2)26(5)11-9-8-10-12-29-13-15-30(16-14-29)32-19-22-34(27(6)23-32)31-17-20-33(21-18-31)35-28(7)25(3)4/h13-23H,1,3,5,7-12H2,2,4,6H3. The molecule has 180 valence electrons. The largest absolute Gasteiger partial charge is 0.458 e. The number of benzene rings is 3. The molecule has 35 heavy (non-hydrogen) atoms. The van der Waals surface area contributed by atoms with E-state index in [1.807, 2.05) is 26.0 Å². The zero-order valence-electron chi connectivity index (χ0n) is 21.6. The molecule has 0 aliphatic rings. The van der Waals surface area contributed by atoms with Gasteiger partial charge in [-0.1, -0.05) is 98.5 Å². The lowest BCUT2D eigenvalue weighted by atomic mass is 9.95. The monoisotopic (exact) mass is 462 g/mol. The van der Waals surface area contributed by atoms with Crippen LogP contribution in [0.15, 0.2) is 116 Å². The molecule has 0 saturated carbocycles. The van der Waals surface area contributed by atoms with Gasteiger partial charge in [-0.3, -0.25) is 0 Å². The second-order valence-electron chi connectivity index (χ2n) is 9.50. The van der Waals surface area contributed by atoms with Crippen LogP contribution in [0.3, 0.4) is 0 Å². The molecule has 0 bridgehead atoms. The summed E-state index contributed by atoms with van der Waals surface area (Å²) in [5, 5.41) is 0. The van der Waals surface area contributed by atoms with Crippen LogP contribution in [0.2, 0.25) is 0 Å². The summed E-state index contributed by atoms with van der Waals surface area (Å²) < 4.78 is 5.74. The van der Waals surface area contributed by atoms with E-state index in [2.05, 4.69) is 87.8 Å². The first-order chi connectivity index (χ1) is 16.7. The van der Waals surface area contributed by atoms with Crippen molar-refractivity contribution in [3.05, 3.63) is 127 Å². The van der Waals surface area contributed by atoms with Gasteiger partial charge in [0.05, 0.1) is 0 Å². The van der Waals surface area contributed by atoms with E-state index in [4.69, 9.17) is 4.74 Å². The topological polar surface area (TPSA) is 9.23 Å². The highest BCUT2D eigenvalue weighted by Gasteiger charge is 2.07. The fraction of sp³-hybridized carbons (Fsp3) is 0.235. The molecular formula is C34H38O. The van der Waals surface area contributed by atoms with E-state index in [-0.39, 0.29) is 0 Å².